The standard InChI is InChI=1S/C13H18N4OS/c1-8-6-18-10(4-14)5-17(8)12-11-3-9(2)19-13(11)16-7-15-12/h3,7-8,10H,4-6,14H2,1-2H3. The maximum atomic E-state index is 5.72. The first-order chi connectivity index (χ1) is 9.19. The zero-order valence-electron chi connectivity index (χ0n) is 11.2. The summed E-state index contributed by atoms with van der Waals surface area (Å²) in [6.45, 7) is 6.27. The average molecular weight is 278 g/mol. The number of nitrogens with two attached hydrogens (primary N) is 1. The van der Waals surface area contributed by atoms with Crippen LogP contribution in [0.15, 0.2) is 12.4 Å². The van der Waals surface area contributed by atoms with E-state index in [1.807, 2.05) is 0 Å². The van der Waals surface area contributed by atoms with Gasteiger partial charge in [0, 0.05) is 18.0 Å². The second-order valence-corrected chi connectivity index (χ2v) is 6.20. The fraction of sp³-hybridized carbons (Fsp3) is 0.538. The first-order valence-corrected chi connectivity index (χ1v) is 7.30. The van der Waals surface area contributed by atoms with Gasteiger partial charge >= 0.3 is 0 Å². The molecule has 0 aliphatic carbocycles. The van der Waals surface area contributed by atoms with Gasteiger partial charge < -0.3 is 15.4 Å². The predicted octanol–water partition coefficient (Wildman–Crippen LogP) is 1.55. The van der Waals surface area contributed by atoms with Crippen LogP contribution in [0.2, 0.25) is 0 Å². The van der Waals surface area contributed by atoms with Crippen LogP contribution in [0.3, 0.4) is 0 Å². The summed E-state index contributed by atoms with van der Waals surface area (Å²) in [6, 6.07) is 2.47. The molecule has 5 nitrogen and oxygen atoms in total. The lowest BCUT2D eigenvalue weighted by atomic mass is 10.2. The molecule has 1 aliphatic rings. The molecule has 0 aromatic carbocycles. The van der Waals surface area contributed by atoms with Crippen LogP contribution < -0.4 is 10.6 Å². The van der Waals surface area contributed by atoms with E-state index in [4.69, 9.17) is 10.5 Å². The van der Waals surface area contributed by atoms with Crippen molar-refractivity contribution in [1.82, 2.24) is 9.97 Å². The van der Waals surface area contributed by atoms with Crippen molar-refractivity contribution >= 4 is 27.4 Å². The summed E-state index contributed by atoms with van der Waals surface area (Å²) in [5, 5.41) is 1.13. The minimum Gasteiger partial charge on any atom is -0.373 e. The Morgan fingerprint density at radius 1 is 1.53 bits per heavy atom. The fourth-order valence-corrected chi connectivity index (χ4v) is 3.29. The van der Waals surface area contributed by atoms with Gasteiger partial charge in [-0.1, -0.05) is 0 Å². The zero-order valence-corrected chi connectivity index (χ0v) is 12.0. The lowest BCUT2D eigenvalue weighted by Gasteiger charge is -2.38. The monoisotopic (exact) mass is 278 g/mol. The number of ether oxygens (including phenoxy) is 1. The number of aromatic nitrogens is 2. The Hall–Kier alpha value is -1.24. The third-order valence-electron chi connectivity index (χ3n) is 3.47. The Balaban J connectivity index is 2.02. The highest BCUT2D eigenvalue weighted by Gasteiger charge is 2.27. The van der Waals surface area contributed by atoms with E-state index in [0.717, 1.165) is 22.6 Å². The topological polar surface area (TPSA) is 64.3 Å². The van der Waals surface area contributed by atoms with E-state index < -0.39 is 0 Å². The van der Waals surface area contributed by atoms with E-state index in [9.17, 15) is 0 Å². The maximum Gasteiger partial charge on any atom is 0.141 e. The van der Waals surface area contributed by atoms with E-state index in [0.29, 0.717) is 19.2 Å². The number of fused-ring (bicyclic) bond motifs is 1. The second-order valence-electron chi connectivity index (χ2n) is 4.97. The molecule has 6 heteroatoms. The van der Waals surface area contributed by atoms with E-state index in [1.165, 1.54) is 4.88 Å². The van der Waals surface area contributed by atoms with Crippen molar-refractivity contribution < 1.29 is 4.74 Å². The number of thiophene rings is 1. The highest BCUT2D eigenvalue weighted by Crippen LogP contribution is 2.31. The molecule has 1 saturated heterocycles. The average Bonchev–Trinajstić information content (AvgIpc) is 2.79. The fourth-order valence-electron chi connectivity index (χ4n) is 2.45. The van der Waals surface area contributed by atoms with Crippen molar-refractivity contribution in [3.05, 3.63) is 17.3 Å². The molecule has 1 fully saturated rings. The first-order valence-electron chi connectivity index (χ1n) is 6.48. The number of aryl methyl sites for hydroxylation is 1. The van der Waals surface area contributed by atoms with Crippen LogP contribution in [0.1, 0.15) is 11.8 Å². The maximum absolute atomic E-state index is 5.72. The van der Waals surface area contributed by atoms with Crippen LogP contribution >= 0.6 is 11.3 Å². The minimum atomic E-state index is 0.0842. The summed E-state index contributed by atoms with van der Waals surface area (Å²) in [6.07, 6.45) is 1.73. The Kier molecular flexibility index (Phi) is 3.38. The van der Waals surface area contributed by atoms with Crippen molar-refractivity contribution in [2.45, 2.75) is 26.0 Å². The lowest BCUT2D eigenvalue weighted by molar-refractivity contribution is 0.0281. The Bertz CT molecular complexity index is 585. The molecule has 3 heterocycles. The molecule has 0 amide bonds. The highest BCUT2D eigenvalue weighted by atomic mass is 32.1. The SMILES string of the molecule is Cc1cc2c(N3CC(CN)OCC3C)ncnc2s1. The summed E-state index contributed by atoms with van der Waals surface area (Å²) in [7, 11) is 0. The quantitative estimate of drug-likeness (QED) is 0.903. The van der Waals surface area contributed by atoms with Gasteiger partial charge in [-0.15, -0.1) is 11.3 Å². The molecule has 1 aliphatic heterocycles. The summed E-state index contributed by atoms with van der Waals surface area (Å²) in [5.74, 6) is 1.00. The summed E-state index contributed by atoms with van der Waals surface area (Å²) < 4.78 is 5.70. The van der Waals surface area contributed by atoms with Crippen molar-refractivity contribution in [3.63, 3.8) is 0 Å². The molecular weight excluding hydrogens is 260 g/mol. The number of hydrogen-bond acceptors (Lipinski definition) is 6. The summed E-state index contributed by atoms with van der Waals surface area (Å²) >= 11 is 1.70. The van der Waals surface area contributed by atoms with Crippen molar-refractivity contribution in [2.75, 3.05) is 24.6 Å². The van der Waals surface area contributed by atoms with E-state index >= 15 is 0 Å². The molecule has 2 aromatic rings. The van der Waals surface area contributed by atoms with Crippen LogP contribution in [-0.2, 0) is 4.74 Å². The molecule has 19 heavy (non-hydrogen) atoms. The Morgan fingerprint density at radius 3 is 3.16 bits per heavy atom. The Morgan fingerprint density at radius 2 is 2.37 bits per heavy atom. The van der Waals surface area contributed by atoms with Gasteiger partial charge in [0.15, 0.2) is 0 Å². The second kappa shape index (κ2) is 5.03. The third-order valence-corrected chi connectivity index (χ3v) is 4.43. The van der Waals surface area contributed by atoms with E-state index in [1.54, 1.807) is 17.7 Å². The van der Waals surface area contributed by atoms with Crippen LogP contribution in [0.25, 0.3) is 10.2 Å². The highest BCUT2D eigenvalue weighted by molar-refractivity contribution is 7.18. The largest absolute Gasteiger partial charge is 0.373 e. The molecule has 0 saturated carbocycles. The molecule has 2 unspecified atom stereocenters. The van der Waals surface area contributed by atoms with Gasteiger partial charge in [-0.3, -0.25) is 0 Å². The summed E-state index contributed by atoms with van der Waals surface area (Å²) in [4.78, 5) is 13.4. The molecule has 0 radical (unpaired) electrons. The molecule has 102 valence electrons. The molecule has 2 aromatic heterocycles. The van der Waals surface area contributed by atoms with Gasteiger partial charge in [0.25, 0.3) is 0 Å². The van der Waals surface area contributed by atoms with Gasteiger partial charge in [-0.25, -0.2) is 9.97 Å². The summed E-state index contributed by atoms with van der Waals surface area (Å²) in [5.41, 5.74) is 5.72. The molecule has 0 spiro atoms. The number of nitrogens with zero attached hydrogens (tertiary/aromatic N) is 3. The molecule has 3 rings (SSSR count). The van der Waals surface area contributed by atoms with Gasteiger partial charge in [0.2, 0.25) is 0 Å². The third kappa shape index (κ3) is 2.31. The van der Waals surface area contributed by atoms with Gasteiger partial charge in [-0.05, 0) is 19.9 Å². The first kappa shape index (κ1) is 12.8. The predicted molar refractivity (Wildman–Crippen MR) is 77.8 cm³/mol. The van der Waals surface area contributed by atoms with Crippen molar-refractivity contribution in [3.8, 4) is 0 Å². The molecular formula is C13H18N4OS. The zero-order chi connectivity index (χ0) is 13.4. The van der Waals surface area contributed by atoms with Gasteiger partial charge in [0.05, 0.1) is 24.1 Å². The van der Waals surface area contributed by atoms with Crippen LogP contribution in [0.5, 0.6) is 0 Å². The van der Waals surface area contributed by atoms with Gasteiger partial charge in [-0.2, -0.15) is 0 Å². The van der Waals surface area contributed by atoms with Crippen LogP contribution in [0, 0.1) is 6.92 Å². The number of morpholine rings is 1. The van der Waals surface area contributed by atoms with E-state index in [2.05, 4.69) is 34.8 Å². The van der Waals surface area contributed by atoms with Gasteiger partial charge in [0.1, 0.15) is 17.0 Å². The van der Waals surface area contributed by atoms with Crippen molar-refractivity contribution in [2.24, 2.45) is 5.73 Å². The van der Waals surface area contributed by atoms with Crippen molar-refractivity contribution in [1.29, 1.82) is 0 Å². The minimum absolute atomic E-state index is 0.0842. The number of rotatable bonds is 2. The lowest BCUT2D eigenvalue weighted by Crippen LogP contribution is -2.51. The van der Waals surface area contributed by atoms with Crippen LogP contribution in [0.4, 0.5) is 5.82 Å². The molecule has 2 atom stereocenters. The molecule has 2 N–H and O–H groups in total. The normalized spacial score (nSPS) is 24.1. The molecule has 0 bridgehead atoms. The van der Waals surface area contributed by atoms with E-state index in [-0.39, 0.29) is 6.10 Å². The van der Waals surface area contributed by atoms with Crippen LogP contribution in [-0.4, -0.2) is 41.8 Å². The number of anilines is 1. The smallest absolute Gasteiger partial charge is 0.141 e. The number of hydrogen-bond donors (Lipinski definition) is 1. The Labute approximate surface area is 116 Å².